The van der Waals surface area contributed by atoms with E-state index >= 15 is 0 Å². The SMILES string of the molecule is CC(O)(CN1CCOc2ccccc2C1)C(=O)O. The molecule has 0 aromatic heterocycles. The number of para-hydroxylation sites is 1. The third kappa shape index (κ3) is 2.80. The van der Waals surface area contributed by atoms with Gasteiger partial charge in [-0.1, -0.05) is 18.2 Å². The predicted octanol–water partition coefficient (Wildman–Crippen LogP) is 0.717. The van der Waals surface area contributed by atoms with E-state index in [1.807, 2.05) is 29.2 Å². The van der Waals surface area contributed by atoms with E-state index in [1.54, 1.807) is 0 Å². The molecule has 1 aliphatic heterocycles. The molecule has 2 rings (SSSR count). The number of rotatable bonds is 3. The second-order valence-corrected chi connectivity index (χ2v) is 4.75. The standard InChI is InChI=1S/C13H17NO4/c1-13(17,12(15)16)9-14-6-7-18-11-5-3-2-4-10(11)8-14/h2-5,17H,6-9H2,1H3,(H,15,16). The molecule has 18 heavy (non-hydrogen) atoms. The summed E-state index contributed by atoms with van der Waals surface area (Å²) in [5, 5.41) is 18.7. The average Bonchev–Trinajstić information content (AvgIpc) is 2.49. The van der Waals surface area contributed by atoms with Gasteiger partial charge in [-0.25, -0.2) is 4.79 Å². The van der Waals surface area contributed by atoms with Crippen LogP contribution in [0.3, 0.4) is 0 Å². The molecule has 1 aromatic rings. The van der Waals surface area contributed by atoms with Crippen LogP contribution < -0.4 is 4.74 Å². The van der Waals surface area contributed by atoms with Crippen LogP contribution in [-0.4, -0.2) is 46.4 Å². The Morgan fingerprint density at radius 3 is 2.94 bits per heavy atom. The van der Waals surface area contributed by atoms with Crippen molar-refractivity contribution in [3.05, 3.63) is 29.8 Å². The number of nitrogens with zero attached hydrogens (tertiary/aromatic N) is 1. The number of benzene rings is 1. The molecule has 5 nitrogen and oxygen atoms in total. The van der Waals surface area contributed by atoms with Crippen LogP contribution in [0.1, 0.15) is 12.5 Å². The zero-order valence-electron chi connectivity index (χ0n) is 10.3. The number of ether oxygens (including phenoxy) is 1. The van der Waals surface area contributed by atoms with E-state index in [4.69, 9.17) is 9.84 Å². The summed E-state index contributed by atoms with van der Waals surface area (Å²) in [4.78, 5) is 12.8. The van der Waals surface area contributed by atoms with Crippen molar-refractivity contribution >= 4 is 5.97 Å². The molecule has 5 heteroatoms. The summed E-state index contributed by atoms with van der Waals surface area (Å²) < 4.78 is 5.58. The lowest BCUT2D eigenvalue weighted by Crippen LogP contribution is -2.47. The number of carboxylic acid groups (broad SMARTS) is 1. The molecule has 0 aliphatic carbocycles. The Kier molecular flexibility index (Phi) is 3.54. The predicted molar refractivity (Wildman–Crippen MR) is 65.5 cm³/mol. The molecule has 1 atom stereocenters. The van der Waals surface area contributed by atoms with E-state index in [0.29, 0.717) is 19.7 Å². The lowest BCUT2D eigenvalue weighted by atomic mass is 10.1. The lowest BCUT2D eigenvalue weighted by Gasteiger charge is -2.27. The lowest BCUT2D eigenvalue weighted by molar-refractivity contribution is -0.158. The fourth-order valence-electron chi connectivity index (χ4n) is 2.02. The average molecular weight is 251 g/mol. The van der Waals surface area contributed by atoms with Crippen molar-refractivity contribution in [2.75, 3.05) is 19.7 Å². The molecule has 1 aliphatic rings. The monoisotopic (exact) mass is 251 g/mol. The molecule has 1 heterocycles. The van der Waals surface area contributed by atoms with E-state index in [-0.39, 0.29) is 6.54 Å². The van der Waals surface area contributed by atoms with Gasteiger partial charge in [0.15, 0.2) is 5.60 Å². The summed E-state index contributed by atoms with van der Waals surface area (Å²) in [6, 6.07) is 7.67. The first-order valence-corrected chi connectivity index (χ1v) is 5.88. The van der Waals surface area contributed by atoms with Gasteiger partial charge in [-0.2, -0.15) is 0 Å². The molecule has 0 amide bonds. The van der Waals surface area contributed by atoms with Crippen LogP contribution >= 0.6 is 0 Å². The van der Waals surface area contributed by atoms with Crippen LogP contribution in [0.5, 0.6) is 5.75 Å². The highest BCUT2D eigenvalue weighted by Gasteiger charge is 2.33. The minimum Gasteiger partial charge on any atom is -0.492 e. The second kappa shape index (κ2) is 4.96. The quantitative estimate of drug-likeness (QED) is 0.828. The van der Waals surface area contributed by atoms with Gasteiger partial charge in [-0.15, -0.1) is 0 Å². The number of β-amino-alcohol motifs (C(OH)–C–C–N with tert-alkyl or cyclic N) is 1. The number of hydrogen-bond donors (Lipinski definition) is 2. The van der Waals surface area contributed by atoms with E-state index in [2.05, 4.69) is 0 Å². The number of fused-ring (bicyclic) bond motifs is 1. The van der Waals surface area contributed by atoms with Crippen molar-refractivity contribution in [3.63, 3.8) is 0 Å². The van der Waals surface area contributed by atoms with E-state index in [1.165, 1.54) is 6.92 Å². The Morgan fingerprint density at radius 1 is 1.50 bits per heavy atom. The topological polar surface area (TPSA) is 70.0 Å². The molecular formula is C13H17NO4. The minimum atomic E-state index is -1.74. The van der Waals surface area contributed by atoms with Crippen LogP contribution in [0.2, 0.25) is 0 Å². The molecule has 1 unspecified atom stereocenters. The highest BCUT2D eigenvalue weighted by Crippen LogP contribution is 2.23. The summed E-state index contributed by atoms with van der Waals surface area (Å²) in [6.07, 6.45) is 0. The Bertz CT molecular complexity index is 444. The largest absolute Gasteiger partial charge is 0.492 e. The number of aliphatic carboxylic acids is 1. The van der Waals surface area contributed by atoms with E-state index in [9.17, 15) is 9.90 Å². The molecule has 1 aromatic carbocycles. The van der Waals surface area contributed by atoms with Gasteiger partial charge in [0.05, 0.1) is 0 Å². The van der Waals surface area contributed by atoms with Crippen molar-refractivity contribution < 1.29 is 19.7 Å². The highest BCUT2D eigenvalue weighted by molar-refractivity contribution is 5.76. The Balaban J connectivity index is 2.11. The van der Waals surface area contributed by atoms with Gasteiger partial charge in [0.1, 0.15) is 12.4 Å². The summed E-state index contributed by atoms with van der Waals surface area (Å²) in [6.45, 7) is 3.07. The van der Waals surface area contributed by atoms with Crippen LogP contribution in [0.15, 0.2) is 24.3 Å². The normalized spacial score (nSPS) is 19.2. The van der Waals surface area contributed by atoms with Gasteiger partial charge in [-0.3, -0.25) is 4.90 Å². The minimum absolute atomic E-state index is 0.0834. The summed E-state index contributed by atoms with van der Waals surface area (Å²) in [5.41, 5.74) is -0.726. The number of hydrogen-bond acceptors (Lipinski definition) is 4. The van der Waals surface area contributed by atoms with Gasteiger partial charge >= 0.3 is 5.97 Å². The van der Waals surface area contributed by atoms with Gasteiger partial charge in [0.2, 0.25) is 0 Å². The Hall–Kier alpha value is -1.59. The smallest absolute Gasteiger partial charge is 0.336 e. The molecule has 0 spiro atoms. The maximum atomic E-state index is 10.9. The molecule has 0 radical (unpaired) electrons. The molecule has 98 valence electrons. The van der Waals surface area contributed by atoms with E-state index in [0.717, 1.165) is 11.3 Å². The molecule has 0 fully saturated rings. The Labute approximate surface area is 106 Å². The molecule has 0 bridgehead atoms. The first-order valence-electron chi connectivity index (χ1n) is 5.88. The van der Waals surface area contributed by atoms with Crippen LogP contribution in [-0.2, 0) is 11.3 Å². The van der Waals surface area contributed by atoms with Crippen molar-refractivity contribution in [2.45, 2.75) is 19.1 Å². The highest BCUT2D eigenvalue weighted by atomic mass is 16.5. The van der Waals surface area contributed by atoms with Gasteiger partial charge in [-0.05, 0) is 13.0 Å². The molecule has 0 saturated heterocycles. The fraction of sp³-hybridized carbons (Fsp3) is 0.462. The third-order valence-corrected chi connectivity index (χ3v) is 3.02. The molecular weight excluding hydrogens is 234 g/mol. The van der Waals surface area contributed by atoms with Gasteiger partial charge in [0, 0.05) is 25.2 Å². The zero-order valence-corrected chi connectivity index (χ0v) is 10.3. The second-order valence-electron chi connectivity index (χ2n) is 4.75. The van der Waals surface area contributed by atoms with Crippen molar-refractivity contribution in [1.29, 1.82) is 0 Å². The van der Waals surface area contributed by atoms with Crippen molar-refractivity contribution in [3.8, 4) is 5.75 Å². The van der Waals surface area contributed by atoms with E-state index < -0.39 is 11.6 Å². The fourth-order valence-corrected chi connectivity index (χ4v) is 2.02. The van der Waals surface area contributed by atoms with Crippen molar-refractivity contribution in [1.82, 2.24) is 4.90 Å². The van der Waals surface area contributed by atoms with Gasteiger partial charge in [0.25, 0.3) is 0 Å². The number of aliphatic hydroxyl groups is 1. The maximum Gasteiger partial charge on any atom is 0.336 e. The third-order valence-electron chi connectivity index (χ3n) is 3.02. The van der Waals surface area contributed by atoms with Crippen molar-refractivity contribution in [2.24, 2.45) is 0 Å². The van der Waals surface area contributed by atoms with Crippen LogP contribution in [0.25, 0.3) is 0 Å². The first kappa shape index (κ1) is 12.9. The van der Waals surface area contributed by atoms with Crippen LogP contribution in [0, 0.1) is 0 Å². The zero-order chi connectivity index (χ0) is 13.2. The first-order chi connectivity index (χ1) is 8.49. The van der Waals surface area contributed by atoms with Crippen LogP contribution in [0.4, 0.5) is 0 Å². The molecule has 2 N–H and O–H groups in total. The summed E-state index contributed by atoms with van der Waals surface area (Å²) in [7, 11) is 0. The Morgan fingerprint density at radius 2 is 2.22 bits per heavy atom. The summed E-state index contributed by atoms with van der Waals surface area (Å²) in [5.74, 6) is -0.379. The maximum absolute atomic E-state index is 10.9. The summed E-state index contributed by atoms with van der Waals surface area (Å²) >= 11 is 0. The number of carboxylic acids is 1. The molecule has 0 saturated carbocycles. The number of carbonyl (C=O) groups is 1. The van der Waals surface area contributed by atoms with Gasteiger partial charge < -0.3 is 14.9 Å².